The van der Waals surface area contributed by atoms with E-state index in [4.69, 9.17) is 4.42 Å². The van der Waals surface area contributed by atoms with E-state index in [9.17, 15) is 4.79 Å². The van der Waals surface area contributed by atoms with Crippen molar-refractivity contribution < 1.29 is 14.7 Å². The fourth-order valence-corrected chi connectivity index (χ4v) is 3.35. The molecule has 5 aromatic rings. The second-order valence-corrected chi connectivity index (χ2v) is 6.57. The molecule has 148 valence electrons. The minimum absolute atomic E-state index is 0. The molecular formula is C23H18N4O3. The number of H-pyrrole nitrogens is 1. The van der Waals surface area contributed by atoms with Gasteiger partial charge in [-0.25, -0.2) is 5.43 Å². The highest BCUT2D eigenvalue weighted by Crippen LogP contribution is 2.28. The fraction of sp³-hybridized carbons (Fsp3) is 0. The molecule has 1 amide bonds. The van der Waals surface area contributed by atoms with Crippen LogP contribution in [0.3, 0.4) is 0 Å². The molecule has 5 rings (SSSR count). The van der Waals surface area contributed by atoms with Crippen molar-refractivity contribution in [2.24, 2.45) is 5.10 Å². The van der Waals surface area contributed by atoms with E-state index in [0.717, 1.165) is 33.0 Å². The van der Waals surface area contributed by atoms with Crippen molar-refractivity contribution in [3.05, 3.63) is 90.3 Å². The summed E-state index contributed by atoms with van der Waals surface area (Å²) in [5.74, 6) is -0.199. The van der Waals surface area contributed by atoms with Crippen molar-refractivity contribution in [1.82, 2.24) is 15.6 Å². The van der Waals surface area contributed by atoms with Crippen LogP contribution in [0.4, 0.5) is 0 Å². The molecule has 0 aliphatic rings. The molecule has 2 aromatic heterocycles. The lowest BCUT2D eigenvalue weighted by Gasteiger charge is -1.99. The van der Waals surface area contributed by atoms with E-state index in [1.165, 1.54) is 0 Å². The number of nitrogens with zero attached hydrogens (tertiary/aromatic N) is 2. The van der Waals surface area contributed by atoms with E-state index < -0.39 is 5.91 Å². The van der Waals surface area contributed by atoms with Gasteiger partial charge in [0.2, 0.25) is 0 Å². The van der Waals surface area contributed by atoms with Crippen LogP contribution in [0.5, 0.6) is 0 Å². The molecule has 2 heterocycles. The second-order valence-electron chi connectivity index (χ2n) is 6.57. The molecule has 0 aliphatic heterocycles. The van der Waals surface area contributed by atoms with Crippen molar-refractivity contribution in [3.8, 4) is 11.3 Å². The summed E-state index contributed by atoms with van der Waals surface area (Å²) in [6.07, 6.45) is 3.22. The smallest absolute Gasteiger partial charge is 0.307 e. The maximum atomic E-state index is 12.5. The first-order valence-corrected chi connectivity index (χ1v) is 9.13. The predicted octanol–water partition coefficient (Wildman–Crippen LogP) is 3.92. The van der Waals surface area contributed by atoms with Crippen molar-refractivity contribution in [3.63, 3.8) is 0 Å². The van der Waals surface area contributed by atoms with Crippen LogP contribution in [0.2, 0.25) is 0 Å². The monoisotopic (exact) mass is 398 g/mol. The van der Waals surface area contributed by atoms with E-state index >= 15 is 0 Å². The number of fused-ring (bicyclic) bond motifs is 3. The molecule has 0 unspecified atom stereocenters. The molecule has 3 aromatic carbocycles. The van der Waals surface area contributed by atoms with Gasteiger partial charge < -0.3 is 9.89 Å². The van der Waals surface area contributed by atoms with E-state index in [2.05, 4.69) is 20.7 Å². The van der Waals surface area contributed by atoms with Crippen LogP contribution in [0.1, 0.15) is 16.1 Å². The molecule has 4 N–H and O–H groups in total. The Kier molecular flexibility index (Phi) is 5.11. The van der Waals surface area contributed by atoms with Gasteiger partial charge in [-0.2, -0.15) is 10.2 Å². The van der Waals surface area contributed by atoms with Gasteiger partial charge >= 0.3 is 5.91 Å². The summed E-state index contributed by atoms with van der Waals surface area (Å²) in [6, 6.07) is 23.4. The number of hydrogen-bond donors (Lipinski definition) is 2. The van der Waals surface area contributed by atoms with Gasteiger partial charge in [-0.15, -0.1) is 0 Å². The quantitative estimate of drug-likeness (QED) is 0.353. The highest BCUT2D eigenvalue weighted by molar-refractivity contribution is 6.08. The first-order valence-electron chi connectivity index (χ1n) is 9.13. The lowest BCUT2D eigenvalue weighted by atomic mass is 10.1. The van der Waals surface area contributed by atoms with E-state index in [1.807, 2.05) is 66.7 Å². The summed E-state index contributed by atoms with van der Waals surface area (Å²) < 4.78 is 5.71. The Labute approximate surface area is 171 Å². The van der Waals surface area contributed by atoms with Crippen LogP contribution in [0, 0.1) is 0 Å². The topological polar surface area (TPSA) is 115 Å². The molecule has 0 saturated heterocycles. The van der Waals surface area contributed by atoms with Gasteiger partial charge in [-0.05, 0) is 22.9 Å². The first kappa shape index (κ1) is 19.1. The average molecular weight is 398 g/mol. The van der Waals surface area contributed by atoms with Crippen LogP contribution in [0.25, 0.3) is 33.0 Å². The normalized spacial score (nSPS) is 11.1. The third-order valence-electron chi connectivity index (χ3n) is 4.75. The number of hydrazone groups is 1. The Morgan fingerprint density at radius 2 is 1.80 bits per heavy atom. The number of aromatic nitrogens is 2. The van der Waals surface area contributed by atoms with Crippen molar-refractivity contribution in [2.75, 3.05) is 0 Å². The zero-order chi connectivity index (χ0) is 19.6. The van der Waals surface area contributed by atoms with E-state index in [0.29, 0.717) is 5.58 Å². The second kappa shape index (κ2) is 8.02. The van der Waals surface area contributed by atoms with Crippen molar-refractivity contribution in [1.29, 1.82) is 0 Å². The first-order chi connectivity index (χ1) is 14.3. The molecule has 0 aliphatic carbocycles. The van der Waals surface area contributed by atoms with Crippen LogP contribution in [-0.2, 0) is 0 Å². The van der Waals surface area contributed by atoms with Gasteiger partial charge in [0.25, 0.3) is 0 Å². The number of carbonyl (C=O) groups excluding carboxylic acids is 1. The molecule has 7 heteroatoms. The van der Waals surface area contributed by atoms with Gasteiger partial charge in [0, 0.05) is 16.5 Å². The SMILES string of the molecule is O.O=C(N/N=C/c1cn[nH]c1-c1ccccc1)c1cc2c(ccc3ccccc32)o1. The minimum Gasteiger partial charge on any atom is -0.451 e. The molecule has 7 nitrogen and oxygen atoms in total. The Morgan fingerprint density at radius 3 is 2.67 bits per heavy atom. The summed E-state index contributed by atoms with van der Waals surface area (Å²) >= 11 is 0. The molecule has 30 heavy (non-hydrogen) atoms. The third-order valence-corrected chi connectivity index (χ3v) is 4.75. The number of rotatable bonds is 4. The number of hydrogen-bond acceptors (Lipinski definition) is 4. The minimum atomic E-state index is -0.411. The molecule has 0 radical (unpaired) electrons. The summed E-state index contributed by atoms with van der Waals surface area (Å²) in [6.45, 7) is 0. The molecule has 0 atom stereocenters. The number of carbonyl (C=O) groups is 1. The Bertz CT molecular complexity index is 1350. The molecular weight excluding hydrogens is 380 g/mol. The zero-order valence-corrected chi connectivity index (χ0v) is 15.8. The lowest BCUT2D eigenvalue weighted by Crippen LogP contribution is -2.16. The van der Waals surface area contributed by atoms with Crippen LogP contribution >= 0.6 is 0 Å². The standard InChI is InChI=1S/C23H16N4O2.H2O/c28-23(21-12-19-18-9-5-4-6-15(18)10-11-20(19)29-21)27-25-14-17-13-24-26-22(17)16-7-2-1-3-8-16;/h1-14H,(H,24,26)(H,27,28);1H2/b25-14+;. The number of nitrogens with one attached hydrogen (secondary N) is 2. The third kappa shape index (κ3) is 3.45. The summed E-state index contributed by atoms with van der Waals surface area (Å²) in [5.41, 5.74) is 5.78. The van der Waals surface area contributed by atoms with Gasteiger partial charge in [0.1, 0.15) is 5.58 Å². The maximum absolute atomic E-state index is 12.5. The van der Waals surface area contributed by atoms with Gasteiger partial charge in [0.05, 0.1) is 18.1 Å². The summed E-state index contributed by atoms with van der Waals surface area (Å²) in [5, 5.41) is 14.1. The molecule has 0 spiro atoms. The number of furan rings is 1. The molecule has 0 bridgehead atoms. The number of aromatic amines is 1. The largest absolute Gasteiger partial charge is 0.451 e. The van der Waals surface area contributed by atoms with Gasteiger partial charge in [-0.3, -0.25) is 9.89 Å². The van der Waals surface area contributed by atoms with Crippen LogP contribution in [0.15, 0.2) is 88.5 Å². The highest BCUT2D eigenvalue weighted by Gasteiger charge is 2.13. The maximum Gasteiger partial charge on any atom is 0.307 e. The van der Waals surface area contributed by atoms with Gasteiger partial charge in [-0.1, -0.05) is 60.7 Å². The van der Waals surface area contributed by atoms with Gasteiger partial charge in [0.15, 0.2) is 5.76 Å². The Hall–Kier alpha value is -4.23. The Morgan fingerprint density at radius 1 is 1.00 bits per heavy atom. The lowest BCUT2D eigenvalue weighted by molar-refractivity contribution is 0.0929. The summed E-state index contributed by atoms with van der Waals surface area (Å²) in [7, 11) is 0. The predicted molar refractivity (Wildman–Crippen MR) is 116 cm³/mol. The van der Waals surface area contributed by atoms with E-state index in [-0.39, 0.29) is 11.2 Å². The Balaban J connectivity index is 0.00000218. The summed E-state index contributed by atoms with van der Waals surface area (Å²) in [4.78, 5) is 12.5. The molecule has 0 saturated carbocycles. The number of benzene rings is 3. The van der Waals surface area contributed by atoms with Crippen molar-refractivity contribution in [2.45, 2.75) is 0 Å². The molecule has 0 fully saturated rings. The number of amides is 1. The highest BCUT2D eigenvalue weighted by atomic mass is 16.3. The zero-order valence-electron chi connectivity index (χ0n) is 15.8. The van der Waals surface area contributed by atoms with Crippen molar-refractivity contribution >= 4 is 33.9 Å². The van der Waals surface area contributed by atoms with Crippen LogP contribution < -0.4 is 5.43 Å². The van der Waals surface area contributed by atoms with Crippen LogP contribution in [-0.4, -0.2) is 27.8 Å². The van der Waals surface area contributed by atoms with E-state index in [1.54, 1.807) is 18.5 Å². The fourth-order valence-electron chi connectivity index (χ4n) is 3.35. The average Bonchev–Trinajstić information content (AvgIpc) is 3.41.